The summed E-state index contributed by atoms with van der Waals surface area (Å²) in [5.74, 6) is 0.322. The van der Waals surface area contributed by atoms with E-state index in [0.29, 0.717) is 12.3 Å². The highest BCUT2D eigenvalue weighted by molar-refractivity contribution is 5.94. The van der Waals surface area contributed by atoms with Crippen molar-refractivity contribution in [3.8, 4) is 0 Å². The Labute approximate surface area is 110 Å². The lowest BCUT2D eigenvalue weighted by Gasteiger charge is -2.15. The second-order valence-corrected chi connectivity index (χ2v) is 5.22. The Balaban J connectivity index is 2.67. The van der Waals surface area contributed by atoms with Crippen LogP contribution in [0.3, 0.4) is 0 Å². The fraction of sp³-hybridized carbons (Fsp3) is 0.533. The number of anilines is 1. The van der Waals surface area contributed by atoms with Crippen molar-refractivity contribution in [3.63, 3.8) is 0 Å². The van der Waals surface area contributed by atoms with Gasteiger partial charge in [0.05, 0.1) is 6.04 Å². The van der Waals surface area contributed by atoms with Crippen molar-refractivity contribution in [2.75, 3.05) is 5.32 Å². The van der Waals surface area contributed by atoms with Gasteiger partial charge in [0.25, 0.3) is 0 Å². The molecule has 3 heteroatoms. The predicted octanol–water partition coefficient (Wildman–Crippen LogP) is 2.87. The van der Waals surface area contributed by atoms with Crippen LogP contribution in [0.25, 0.3) is 0 Å². The third-order valence-electron chi connectivity index (χ3n) is 3.05. The second-order valence-electron chi connectivity index (χ2n) is 5.22. The van der Waals surface area contributed by atoms with Crippen molar-refractivity contribution < 1.29 is 4.79 Å². The average Bonchev–Trinajstić information content (AvgIpc) is 2.28. The Morgan fingerprint density at radius 1 is 1.39 bits per heavy atom. The maximum Gasteiger partial charge on any atom is 0.241 e. The van der Waals surface area contributed by atoms with Gasteiger partial charge < -0.3 is 11.1 Å². The van der Waals surface area contributed by atoms with Crippen molar-refractivity contribution in [3.05, 3.63) is 29.3 Å². The molecular weight excluding hydrogens is 224 g/mol. The summed E-state index contributed by atoms with van der Waals surface area (Å²) in [6, 6.07) is 5.56. The number of amides is 1. The maximum absolute atomic E-state index is 11.9. The quantitative estimate of drug-likeness (QED) is 0.842. The lowest BCUT2D eigenvalue weighted by Crippen LogP contribution is -2.36. The highest BCUT2D eigenvalue weighted by atomic mass is 16.2. The van der Waals surface area contributed by atoms with E-state index in [-0.39, 0.29) is 5.91 Å². The molecule has 1 aromatic rings. The van der Waals surface area contributed by atoms with E-state index in [0.717, 1.165) is 12.1 Å². The zero-order valence-corrected chi connectivity index (χ0v) is 11.8. The van der Waals surface area contributed by atoms with Crippen LogP contribution < -0.4 is 11.1 Å². The Hall–Kier alpha value is -1.35. The third-order valence-corrected chi connectivity index (χ3v) is 3.05. The maximum atomic E-state index is 11.9. The van der Waals surface area contributed by atoms with Gasteiger partial charge in [-0.1, -0.05) is 26.8 Å². The smallest absolute Gasteiger partial charge is 0.241 e. The lowest BCUT2D eigenvalue weighted by atomic mass is 10.0. The summed E-state index contributed by atoms with van der Waals surface area (Å²) in [7, 11) is 0. The molecule has 0 aromatic heterocycles. The zero-order chi connectivity index (χ0) is 13.7. The van der Waals surface area contributed by atoms with Gasteiger partial charge in [0.2, 0.25) is 5.91 Å². The molecule has 100 valence electrons. The summed E-state index contributed by atoms with van der Waals surface area (Å²) in [6.07, 6.45) is 1.71. The molecule has 0 bridgehead atoms. The molecule has 1 atom stereocenters. The van der Waals surface area contributed by atoms with E-state index >= 15 is 0 Å². The van der Waals surface area contributed by atoms with Crippen molar-refractivity contribution in [2.45, 2.75) is 46.6 Å². The number of hydrogen-bond donors (Lipinski definition) is 2. The van der Waals surface area contributed by atoms with Gasteiger partial charge in [-0.3, -0.25) is 4.79 Å². The van der Waals surface area contributed by atoms with E-state index in [1.54, 1.807) is 0 Å². The van der Waals surface area contributed by atoms with Gasteiger partial charge in [0.1, 0.15) is 0 Å². The molecule has 0 heterocycles. The van der Waals surface area contributed by atoms with Gasteiger partial charge in [0, 0.05) is 5.69 Å². The summed E-state index contributed by atoms with van der Waals surface area (Å²) < 4.78 is 0. The number of aryl methyl sites for hydroxylation is 2. The Morgan fingerprint density at radius 2 is 2.06 bits per heavy atom. The molecule has 0 aliphatic heterocycles. The molecule has 0 spiro atoms. The Kier molecular flexibility index (Phi) is 5.35. The van der Waals surface area contributed by atoms with Gasteiger partial charge in [-0.2, -0.15) is 0 Å². The van der Waals surface area contributed by atoms with Crippen LogP contribution >= 0.6 is 0 Å². The van der Waals surface area contributed by atoms with Gasteiger partial charge >= 0.3 is 0 Å². The number of carbonyl (C=O) groups excluding carboxylic acids is 1. The minimum atomic E-state index is -0.434. The Morgan fingerprint density at radius 3 is 2.56 bits per heavy atom. The van der Waals surface area contributed by atoms with Gasteiger partial charge in [-0.05, 0) is 48.9 Å². The monoisotopic (exact) mass is 248 g/mol. The Bertz CT molecular complexity index is 413. The second kappa shape index (κ2) is 6.55. The van der Waals surface area contributed by atoms with E-state index in [4.69, 9.17) is 5.73 Å². The van der Waals surface area contributed by atoms with Crippen LogP contribution in [-0.4, -0.2) is 11.9 Å². The molecule has 0 saturated carbocycles. The minimum absolute atomic E-state index is 0.104. The van der Waals surface area contributed by atoms with Crippen LogP contribution in [0.15, 0.2) is 18.2 Å². The van der Waals surface area contributed by atoms with Crippen LogP contribution in [0, 0.1) is 12.8 Å². The first-order chi connectivity index (χ1) is 8.43. The van der Waals surface area contributed by atoms with Crippen LogP contribution in [0.4, 0.5) is 5.69 Å². The first-order valence-electron chi connectivity index (χ1n) is 6.60. The fourth-order valence-corrected chi connectivity index (χ4v) is 2.02. The molecule has 1 aromatic carbocycles. The largest absolute Gasteiger partial charge is 0.325 e. The number of nitrogens with two attached hydrogens (primary N) is 1. The van der Waals surface area contributed by atoms with Crippen LogP contribution in [-0.2, 0) is 11.2 Å². The van der Waals surface area contributed by atoms with Crippen molar-refractivity contribution in [2.24, 2.45) is 11.7 Å². The molecule has 1 amide bonds. The molecule has 0 fully saturated rings. The van der Waals surface area contributed by atoms with Gasteiger partial charge in [-0.15, -0.1) is 0 Å². The van der Waals surface area contributed by atoms with Crippen LogP contribution in [0.1, 0.15) is 38.3 Å². The molecule has 0 unspecified atom stereocenters. The number of carbonyl (C=O) groups is 1. The molecule has 0 saturated heterocycles. The first kappa shape index (κ1) is 14.7. The van der Waals surface area contributed by atoms with E-state index in [2.05, 4.69) is 39.1 Å². The lowest BCUT2D eigenvalue weighted by molar-refractivity contribution is -0.117. The van der Waals surface area contributed by atoms with Crippen molar-refractivity contribution in [1.82, 2.24) is 0 Å². The molecule has 0 aliphatic carbocycles. The summed E-state index contributed by atoms with van der Waals surface area (Å²) >= 11 is 0. The fourth-order valence-electron chi connectivity index (χ4n) is 2.02. The third kappa shape index (κ3) is 4.15. The van der Waals surface area contributed by atoms with E-state index in [1.165, 1.54) is 11.1 Å². The summed E-state index contributed by atoms with van der Waals surface area (Å²) in [5, 5.41) is 2.88. The van der Waals surface area contributed by atoms with Crippen molar-refractivity contribution in [1.29, 1.82) is 0 Å². The van der Waals surface area contributed by atoms with Gasteiger partial charge in [-0.25, -0.2) is 0 Å². The van der Waals surface area contributed by atoms with Crippen LogP contribution in [0.2, 0.25) is 0 Å². The number of nitrogens with one attached hydrogen (secondary N) is 1. The predicted molar refractivity (Wildman–Crippen MR) is 76.6 cm³/mol. The van der Waals surface area contributed by atoms with E-state index in [9.17, 15) is 4.79 Å². The molecule has 0 aliphatic rings. The molecule has 18 heavy (non-hydrogen) atoms. The highest BCUT2D eigenvalue weighted by Gasteiger charge is 2.15. The first-order valence-corrected chi connectivity index (χ1v) is 6.60. The van der Waals surface area contributed by atoms with Crippen molar-refractivity contribution >= 4 is 11.6 Å². The average molecular weight is 248 g/mol. The summed E-state index contributed by atoms with van der Waals surface area (Å²) in [5.41, 5.74) is 9.18. The van der Waals surface area contributed by atoms with E-state index in [1.807, 2.05) is 12.1 Å². The highest BCUT2D eigenvalue weighted by Crippen LogP contribution is 2.16. The number of benzene rings is 1. The molecule has 1 rings (SSSR count). The molecular formula is C15H24N2O. The molecule has 3 nitrogen and oxygen atoms in total. The number of hydrogen-bond acceptors (Lipinski definition) is 2. The number of rotatable bonds is 5. The minimum Gasteiger partial charge on any atom is -0.325 e. The topological polar surface area (TPSA) is 55.1 Å². The molecule has 0 radical (unpaired) electrons. The van der Waals surface area contributed by atoms with Gasteiger partial charge in [0.15, 0.2) is 0 Å². The van der Waals surface area contributed by atoms with E-state index < -0.39 is 6.04 Å². The summed E-state index contributed by atoms with van der Waals surface area (Å²) in [6.45, 7) is 8.31. The zero-order valence-electron chi connectivity index (χ0n) is 11.8. The SMILES string of the molecule is CCc1ccc(NC(=O)[C@@H](N)CC(C)C)cc1C. The normalized spacial score (nSPS) is 12.6. The molecule has 3 N–H and O–H groups in total. The van der Waals surface area contributed by atoms with Crippen LogP contribution in [0.5, 0.6) is 0 Å². The standard InChI is InChI=1S/C15H24N2O/c1-5-12-6-7-13(9-11(12)4)17-15(18)14(16)8-10(2)3/h6-7,9-10,14H,5,8,16H2,1-4H3,(H,17,18)/t14-/m0/s1. The summed E-state index contributed by atoms with van der Waals surface area (Å²) in [4.78, 5) is 11.9.